The summed E-state index contributed by atoms with van der Waals surface area (Å²) in [6, 6.07) is 0. The highest BCUT2D eigenvalue weighted by Gasteiger charge is 2.25. The molecule has 1 heterocycles. The highest BCUT2D eigenvalue weighted by Crippen LogP contribution is 2.40. The molecule has 0 saturated heterocycles. The minimum Gasteiger partial charge on any atom is -0.319 e. The lowest BCUT2D eigenvalue weighted by molar-refractivity contribution is 0.784. The topological polar surface area (TPSA) is 24.9 Å². The van der Waals surface area contributed by atoms with E-state index in [1.165, 1.54) is 23.5 Å². The molecule has 66 valence electrons. The predicted molar refractivity (Wildman–Crippen MR) is 51.7 cm³/mol. The van der Waals surface area contributed by atoms with Crippen molar-refractivity contribution in [2.75, 3.05) is 13.6 Å². The van der Waals surface area contributed by atoms with E-state index in [2.05, 4.69) is 15.7 Å². The molecule has 1 aromatic rings. The fourth-order valence-corrected chi connectivity index (χ4v) is 2.12. The molecule has 1 aromatic heterocycles. The quantitative estimate of drug-likeness (QED) is 0.768. The summed E-state index contributed by atoms with van der Waals surface area (Å²) in [5.74, 6) is 0.810. The zero-order chi connectivity index (χ0) is 8.39. The smallest absolute Gasteiger partial charge is 0.0941 e. The van der Waals surface area contributed by atoms with Crippen molar-refractivity contribution in [3.05, 3.63) is 16.1 Å². The van der Waals surface area contributed by atoms with Crippen molar-refractivity contribution < 1.29 is 0 Å². The predicted octanol–water partition coefficient (Wildman–Crippen LogP) is 1.78. The van der Waals surface area contributed by atoms with Crippen LogP contribution in [0.25, 0.3) is 0 Å². The van der Waals surface area contributed by atoms with Crippen LogP contribution < -0.4 is 5.32 Å². The Hall–Kier alpha value is -0.410. The van der Waals surface area contributed by atoms with Crippen LogP contribution in [0.2, 0.25) is 0 Å². The summed E-state index contributed by atoms with van der Waals surface area (Å²) in [6.07, 6.45) is 3.79. The molecular weight excluding hydrogens is 168 g/mol. The molecule has 2 nitrogen and oxygen atoms in total. The van der Waals surface area contributed by atoms with Crippen LogP contribution in [0, 0.1) is 0 Å². The van der Waals surface area contributed by atoms with Gasteiger partial charge in [-0.05, 0) is 19.9 Å². The molecular formula is C9H14N2S. The standard InChI is InChI=1S/C9H14N2S/c1-10-5-4-9-11-8(6-12-9)7-2-3-7/h6-7,10H,2-5H2,1H3. The van der Waals surface area contributed by atoms with Crippen LogP contribution in [0.5, 0.6) is 0 Å². The number of nitrogens with one attached hydrogen (secondary N) is 1. The molecule has 12 heavy (non-hydrogen) atoms. The van der Waals surface area contributed by atoms with Gasteiger partial charge in [0.2, 0.25) is 0 Å². The van der Waals surface area contributed by atoms with Gasteiger partial charge < -0.3 is 5.32 Å². The van der Waals surface area contributed by atoms with Gasteiger partial charge in [-0.1, -0.05) is 0 Å². The van der Waals surface area contributed by atoms with Gasteiger partial charge in [0.25, 0.3) is 0 Å². The maximum Gasteiger partial charge on any atom is 0.0941 e. The molecule has 0 unspecified atom stereocenters. The Morgan fingerprint density at radius 2 is 2.50 bits per heavy atom. The van der Waals surface area contributed by atoms with Crippen molar-refractivity contribution >= 4 is 11.3 Å². The van der Waals surface area contributed by atoms with Crippen LogP contribution >= 0.6 is 11.3 Å². The van der Waals surface area contributed by atoms with E-state index in [1.54, 1.807) is 11.3 Å². The van der Waals surface area contributed by atoms with Crippen LogP contribution in [0.4, 0.5) is 0 Å². The van der Waals surface area contributed by atoms with E-state index in [0.29, 0.717) is 0 Å². The second-order valence-electron chi connectivity index (χ2n) is 3.29. The van der Waals surface area contributed by atoms with E-state index in [0.717, 1.165) is 18.9 Å². The van der Waals surface area contributed by atoms with E-state index in [-0.39, 0.29) is 0 Å². The normalized spacial score (nSPS) is 16.8. The first-order chi connectivity index (χ1) is 5.90. The number of nitrogens with zero attached hydrogens (tertiary/aromatic N) is 1. The largest absolute Gasteiger partial charge is 0.319 e. The van der Waals surface area contributed by atoms with Gasteiger partial charge >= 0.3 is 0 Å². The third-order valence-corrected chi connectivity index (χ3v) is 3.08. The molecule has 0 spiro atoms. The van der Waals surface area contributed by atoms with E-state index < -0.39 is 0 Å². The third kappa shape index (κ3) is 1.84. The Morgan fingerprint density at radius 3 is 3.17 bits per heavy atom. The summed E-state index contributed by atoms with van der Waals surface area (Å²) in [5.41, 5.74) is 1.34. The van der Waals surface area contributed by atoms with Gasteiger partial charge in [-0.15, -0.1) is 11.3 Å². The molecule has 0 amide bonds. The molecule has 3 heteroatoms. The minimum atomic E-state index is 0.810. The lowest BCUT2D eigenvalue weighted by Gasteiger charge is -1.93. The summed E-state index contributed by atoms with van der Waals surface area (Å²) in [4.78, 5) is 4.59. The van der Waals surface area contributed by atoms with Gasteiger partial charge in [0.15, 0.2) is 0 Å². The Bertz CT molecular complexity index is 253. The maximum atomic E-state index is 4.59. The fourth-order valence-electron chi connectivity index (χ4n) is 1.24. The van der Waals surface area contributed by atoms with E-state index in [4.69, 9.17) is 0 Å². The molecule has 0 aromatic carbocycles. The molecule has 0 bridgehead atoms. The van der Waals surface area contributed by atoms with Crippen LogP contribution in [0.3, 0.4) is 0 Å². The van der Waals surface area contributed by atoms with Crippen molar-refractivity contribution in [2.45, 2.75) is 25.2 Å². The first-order valence-electron chi connectivity index (χ1n) is 4.49. The van der Waals surface area contributed by atoms with Crippen LogP contribution in [0.1, 0.15) is 29.5 Å². The van der Waals surface area contributed by atoms with Crippen molar-refractivity contribution in [3.63, 3.8) is 0 Å². The average molecular weight is 182 g/mol. The van der Waals surface area contributed by atoms with Crippen molar-refractivity contribution in [1.82, 2.24) is 10.3 Å². The third-order valence-electron chi connectivity index (χ3n) is 2.15. The van der Waals surface area contributed by atoms with Crippen molar-refractivity contribution in [3.8, 4) is 0 Å². The van der Waals surface area contributed by atoms with Gasteiger partial charge in [-0.2, -0.15) is 0 Å². The second kappa shape index (κ2) is 3.54. The zero-order valence-corrected chi connectivity index (χ0v) is 8.16. The summed E-state index contributed by atoms with van der Waals surface area (Å²) in [6.45, 7) is 1.04. The SMILES string of the molecule is CNCCc1nc(C2CC2)cs1. The number of thiazole rings is 1. The van der Waals surface area contributed by atoms with Gasteiger partial charge in [0, 0.05) is 24.3 Å². The number of likely N-dealkylation sites (N-methyl/N-ethyl adjacent to an activating group) is 1. The lowest BCUT2D eigenvalue weighted by Crippen LogP contribution is -2.10. The number of aromatic nitrogens is 1. The minimum absolute atomic E-state index is 0.810. The Kier molecular flexibility index (Phi) is 2.42. The van der Waals surface area contributed by atoms with Crippen LogP contribution in [-0.2, 0) is 6.42 Å². The van der Waals surface area contributed by atoms with Gasteiger partial charge in [0.05, 0.1) is 10.7 Å². The van der Waals surface area contributed by atoms with Gasteiger partial charge in [-0.3, -0.25) is 0 Å². The fraction of sp³-hybridized carbons (Fsp3) is 0.667. The van der Waals surface area contributed by atoms with Crippen molar-refractivity contribution in [1.29, 1.82) is 0 Å². The molecule has 1 aliphatic rings. The highest BCUT2D eigenvalue weighted by atomic mass is 32.1. The van der Waals surface area contributed by atoms with Gasteiger partial charge in [0.1, 0.15) is 0 Å². The first-order valence-corrected chi connectivity index (χ1v) is 5.37. The van der Waals surface area contributed by atoms with Gasteiger partial charge in [-0.25, -0.2) is 4.98 Å². The molecule has 0 aliphatic heterocycles. The van der Waals surface area contributed by atoms with Crippen LogP contribution in [0.15, 0.2) is 5.38 Å². The Labute approximate surface area is 77.0 Å². The molecule has 1 N–H and O–H groups in total. The second-order valence-corrected chi connectivity index (χ2v) is 4.24. The Morgan fingerprint density at radius 1 is 1.67 bits per heavy atom. The van der Waals surface area contributed by atoms with E-state index in [9.17, 15) is 0 Å². The molecule has 1 fully saturated rings. The van der Waals surface area contributed by atoms with E-state index >= 15 is 0 Å². The Balaban J connectivity index is 1.93. The summed E-state index contributed by atoms with van der Waals surface area (Å²) in [5, 5.41) is 6.65. The summed E-state index contributed by atoms with van der Waals surface area (Å²) in [7, 11) is 1.98. The number of rotatable bonds is 4. The van der Waals surface area contributed by atoms with Crippen molar-refractivity contribution in [2.24, 2.45) is 0 Å². The average Bonchev–Trinajstić information content (AvgIpc) is 2.83. The van der Waals surface area contributed by atoms with E-state index in [1.807, 2.05) is 7.05 Å². The summed E-state index contributed by atoms with van der Waals surface area (Å²) < 4.78 is 0. The molecule has 1 aliphatic carbocycles. The number of hydrogen-bond acceptors (Lipinski definition) is 3. The highest BCUT2D eigenvalue weighted by molar-refractivity contribution is 7.09. The lowest BCUT2D eigenvalue weighted by atomic mass is 10.3. The zero-order valence-electron chi connectivity index (χ0n) is 7.34. The molecule has 2 rings (SSSR count). The molecule has 1 saturated carbocycles. The van der Waals surface area contributed by atoms with Crippen LogP contribution in [-0.4, -0.2) is 18.6 Å². The molecule has 0 atom stereocenters. The molecule has 0 radical (unpaired) electrons. The first kappa shape index (κ1) is 8.20. The maximum absolute atomic E-state index is 4.59. The monoisotopic (exact) mass is 182 g/mol. The number of hydrogen-bond donors (Lipinski definition) is 1. The summed E-state index contributed by atoms with van der Waals surface area (Å²) >= 11 is 1.81.